The Balaban J connectivity index is 1.92. The number of rotatable bonds is 6. The monoisotopic (exact) mass is 337 g/mol. The van der Waals surface area contributed by atoms with Crippen LogP contribution in [0.3, 0.4) is 0 Å². The van der Waals surface area contributed by atoms with Crippen LogP contribution in [0, 0.1) is 6.92 Å². The van der Waals surface area contributed by atoms with Gasteiger partial charge in [0.1, 0.15) is 0 Å². The van der Waals surface area contributed by atoms with Crippen molar-refractivity contribution >= 4 is 10.0 Å². The number of nitrogens with zero attached hydrogens (tertiary/aromatic N) is 1. The maximum Gasteiger partial charge on any atom is 0.244 e. The molecule has 1 aliphatic heterocycles. The van der Waals surface area contributed by atoms with Crippen LogP contribution < -0.4 is 0 Å². The zero-order chi connectivity index (χ0) is 16.9. The van der Waals surface area contributed by atoms with E-state index in [0.29, 0.717) is 4.90 Å². The van der Waals surface area contributed by atoms with Crippen molar-refractivity contribution in [1.82, 2.24) is 4.31 Å². The first-order valence-corrected chi connectivity index (χ1v) is 9.92. The van der Waals surface area contributed by atoms with E-state index >= 15 is 0 Å². The molecule has 5 heteroatoms. The van der Waals surface area contributed by atoms with Gasteiger partial charge in [-0.05, 0) is 45.2 Å². The quantitative estimate of drug-likeness (QED) is 0.747. The number of fused-ring (bicyclic) bond motifs is 1. The highest BCUT2D eigenvalue weighted by atomic mass is 32.2. The summed E-state index contributed by atoms with van der Waals surface area (Å²) in [5, 5.41) is 0. The van der Waals surface area contributed by atoms with Gasteiger partial charge in [0.2, 0.25) is 10.0 Å². The number of piperidine rings is 1. The molecule has 2 fully saturated rings. The lowest BCUT2D eigenvalue weighted by atomic mass is 9.93. The van der Waals surface area contributed by atoms with Gasteiger partial charge in [0, 0.05) is 7.11 Å². The maximum absolute atomic E-state index is 13.1. The van der Waals surface area contributed by atoms with Crippen molar-refractivity contribution in [2.75, 3.05) is 7.11 Å². The molecule has 0 bridgehead atoms. The van der Waals surface area contributed by atoms with Crippen LogP contribution in [0.4, 0.5) is 0 Å². The lowest BCUT2D eigenvalue weighted by molar-refractivity contribution is -0.0234. The van der Waals surface area contributed by atoms with Gasteiger partial charge < -0.3 is 4.74 Å². The van der Waals surface area contributed by atoms with E-state index in [1.807, 2.05) is 19.1 Å². The Morgan fingerprint density at radius 3 is 2.48 bits per heavy atom. The number of sulfonamides is 1. The summed E-state index contributed by atoms with van der Waals surface area (Å²) in [6.07, 6.45) is 4.92. The number of unbranched alkanes of at least 4 members (excludes halogenated alkanes) is 1. The summed E-state index contributed by atoms with van der Waals surface area (Å²) >= 11 is 0. The molecule has 4 atom stereocenters. The largest absolute Gasteiger partial charge is 0.376 e. The number of hydrogen-bond donors (Lipinski definition) is 0. The van der Waals surface area contributed by atoms with Crippen molar-refractivity contribution in [2.45, 2.75) is 75.0 Å². The molecule has 3 rings (SSSR count). The molecule has 1 aromatic rings. The van der Waals surface area contributed by atoms with Gasteiger partial charge in [-0.25, -0.2) is 8.42 Å². The molecule has 23 heavy (non-hydrogen) atoms. The summed E-state index contributed by atoms with van der Waals surface area (Å²) < 4.78 is 33.7. The molecule has 1 aromatic carbocycles. The van der Waals surface area contributed by atoms with Gasteiger partial charge in [-0.15, -0.1) is 0 Å². The van der Waals surface area contributed by atoms with Gasteiger partial charge in [0.15, 0.2) is 0 Å². The van der Waals surface area contributed by atoms with Crippen LogP contribution in [0.1, 0.15) is 51.5 Å². The van der Waals surface area contributed by atoms with E-state index in [1.54, 1.807) is 23.5 Å². The minimum Gasteiger partial charge on any atom is -0.376 e. The van der Waals surface area contributed by atoms with Crippen molar-refractivity contribution in [3.8, 4) is 0 Å². The van der Waals surface area contributed by atoms with Crippen LogP contribution in [-0.2, 0) is 14.8 Å². The second kappa shape index (κ2) is 5.57. The summed E-state index contributed by atoms with van der Waals surface area (Å²) in [6, 6.07) is 7.10. The smallest absolute Gasteiger partial charge is 0.244 e. The van der Waals surface area contributed by atoms with Gasteiger partial charge in [-0.2, -0.15) is 4.31 Å². The zero-order valence-electron chi connectivity index (χ0n) is 14.5. The predicted octanol–water partition coefficient (Wildman–Crippen LogP) is 3.50. The van der Waals surface area contributed by atoms with Gasteiger partial charge in [-0.1, -0.05) is 37.5 Å². The van der Waals surface area contributed by atoms with Gasteiger partial charge in [0.25, 0.3) is 0 Å². The highest BCUT2D eigenvalue weighted by Crippen LogP contribution is 2.62. The number of benzene rings is 1. The number of methoxy groups -OCH3 is 1. The van der Waals surface area contributed by atoms with Crippen molar-refractivity contribution in [3.63, 3.8) is 0 Å². The summed E-state index contributed by atoms with van der Waals surface area (Å²) in [5.74, 6) is 0. The van der Waals surface area contributed by atoms with Crippen LogP contribution in [0.5, 0.6) is 0 Å². The third kappa shape index (κ3) is 2.44. The van der Waals surface area contributed by atoms with Crippen molar-refractivity contribution in [1.29, 1.82) is 0 Å². The SMILES string of the molecule is CCCC[C@@]1(OC)CC[C@@]2(C)[C@@H]1N2S(=O)(=O)c1ccc(C)cc1. The molecule has 0 aromatic heterocycles. The molecule has 1 heterocycles. The Morgan fingerprint density at radius 2 is 1.91 bits per heavy atom. The Morgan fingerprint density at radius 1 is 1.26 bits per heavy atom. The van der Waals surface area contributed by atoms with E-state index in [1.165, 1.54) is 0 Å². The fourth-order valence-electron chi connectivity index (χ4n) is 4.32. The van der Waals surface area contributed by atoms with Crippen LogP contribution >= 0.6 is 0 Å². The second-order valence-corrected chi connectivity index (χ2v) is 9.06. The summed E-state index contributed by atoms with van der Waals surface area (Å²) in [7, 11) is -1.72. The van der Waals surface area contributed by atoms with E-state index in [0.717, 1.165) is 37.7 Å². The first-order chi connectivity index (χ1) is 10.8. The van der Waals surface area contributed by atoms with E-state index in [2.05, 4.69) is 13.8 Å². The first-order valence-electron chi connectivity index (χ1n) is 8.48. The van der Waals surface area contributed by atoms with Crippen LogP contribution in [0.25, 0.3) is 0 Å². The molecule has 0 N–H and O–H groups in total. The van der Waals surface area contributed by atoms with E-state index in [-0.39, 0.29) is 17.2 Å². The normalized spacial score (nSPS) is 36.0. The van der Waals surface area contributed by atoms with Gasteiger partial charge in [-0.3, -0.25) is 0 Å². The zero-order valence-corrected chi connectivity index (χ0v) is 15.3. The van der Waals surface area contributed by atoms with Crippen molar-refractivity contribution in [3.05, 3.63) is 29.8 Å². The molecule has 0 spiro atoms. The molecule has 2 aliphatic rings. The average molecular weight is 337 g/mol. The standard InChI is InChI=1S/C18H27NO3S/c1-5-6-11-18(22-4)13-12-17(3)16(18)19(17)23(20,21)15-9-7-14(2)8-10-15/h7-10,16H,5-6,11-13H2,1-4H3/t16-,17-,18+,19?/m0/s1. The highest BCUT2D eigenvalue weighted by Gasteiger charge is 2.76. The fourth-order valence-corrected chi connectivity index (χ4v) is 6.41. The molecule has 1 unspecified atom stereocenters. The van der Waals surface area contributed by atoms with E-state index < -0.39 is 10.0 Å². The van der Waals surface area contributed by atoms with Crippen molar-refractivity contribution < 1.29 is 13.2 Å². The summed E-state index contributed by atoms with van der Waals surface area (Å²) in [4.78, 5) is 0.388. The third-order valence-corrected chi connectivity index (χ3v) is 7.76. The molecule has 0 amide bonds. The molecule has 1 saturated carbocycles. The van der Waals surface area contributed by atoms with E-state index in [4.69, 9.17) is 4.74 Å². The molecule has 1 aliphatic carbocycles. The minimum absolute atomic E-state index is 0.0298. The number of ether oxygens (including phenoxy) is 1. The fraction of sp³-hybridized carbons (Fsp3) is 0.667. The second-order valence-electron chi connectivity index (χ2n) is 7.25. The molecule has 1 saturated heterocycles. The minimum atomic E-state index is -3.45. The highest BCUT2D eigenvalue weighted by molar-refractivity contribution is 7.89. The Hall–Kier alpha value is -0.910. The number of hydrogen-bond acceptors (Lipinski definition) is 3. The topological polar surface area (TPSA) is 46.4 Å². The third-order valence-electron chi connectivity index (χ3n) is 5.75. The lowest BCUT2D eigenvalue weighted by Crippen LogP contribution is -2.39. The van der Waals surface area contributed by atoms with E-state index in [9.17, 15) is 8.42 Å². The van der Waals surface area contributed by atoms with Crippen LogP contribution in [0.15, 0.2) is 29.2 Å². The Labute approximate surface area is 139 Å². The Bertz CT molecular complexity index is 685. The molecular weight excluding hydrogens is 310 g/mol. The van der Waals surface area contributed by atoms with Gasteiger partial charge in [0.05, 0.1) is 22.1 Å². The molecule has 0 radical (unpaired) electrons. The first kappa shape index (κ1) is 16.9. The maximum atomic E-state index is 13.1. The predicted molar refractivity (Wildman–Crippen MR) is 90.9 cm³/mol. The molecule has 4 nitrogen and oxygen atoms in total. The van der Waals surface area contributed by atoms with Crippen molar-refractivity contribution in [2.24, 2.45) is 0 Å². The molecular formula is C18H27NO3S. The van der Waals surface area contributed by atoms with Gasteiger partial charge >= 0.3 is 0 Å². The van der Waals surface area contributed by atoms with Crippen LogP contribution in [-0.4, -0.2) is 37.0 Å². The number of aryl methyl sites for hydroxylation is 1. The molecule has 128 valence electrons. The Kier molecular flexibility index (Phi) is 4.10. The summed E-state index contributed by atoms with van der Waals surface area (Å²) in [6.45, 7) is 6.19. The summed E-state index contributed by atoms with van der Waals surface area (Å²) in [5.41, 5.74) is 0.464. The lowest BCUT2D eigenvalue weighted by Gasteiger charge is -2.31. The average Bonchev–Trinajstić information content (AvgIpc) is 3.07. The van der Waals surface area contributed by atoms with Crippen LogP contribution in [0.2, 0.25) is 0 Å².